The summed E-state index contributed by atoms with van der Waals surface area (Å²) in [6.07, 6.45) is 6.35. The van der Waals surface area contributed by atoms with E-state index in [2.05, 4.69) is 35.6 Å². The average molecular weight is 373 g/mol. The number of guanidine groups is 1. The van der Waals surface area contributed by atoms with Crippen LogP contribution >= 0.6 is 0 Å². The van der Waals surface area contributed by atoms with Crippen LogP contribution in [0.25, 0.3) is 0 Å². The van der Waals surface area contributed by atoms with Gasteiger partial charge in [0.15, 0.2) is 5.96 Å². The third-order valence-corrected chi connectivity index (χ3v) is 5.87. The quantitative estimate of drug-likeness (QED) is 0.615. The molecule has 1 aliphatic heterocycles. The van der Waals surface area contributed by atoms with Gasteiger partial charge in [0, 0.05) is 24.5 Å². The van der Waals surface area contributed by atoms with Crippen molar-refractivity contribution in [1.82, 2.24) is 10.2 Å². The molecule has 3 rings (SSSR count). The summed E-state index contributed by atoms with van der Waals surface area (Å²) < 4.78 is 5.06. The van der Waals surface area contributed by atoms with Gasteiger partial charge in [-0.1, -0.05) is 43.2 Å². The molecule has 0 radical (unpaired) electrons. The maximum absolute atomic E-state index is 11.8. The van der Waals surface area contributed by atoms with E-state index in [9.17, 15) is 4.79 Å². The number of likely N-dealkylation sites (tertiary alicyclic amines) is 1. The van der Waals surface area contributed by atoms with Crippen LogP contribution in [0.15, 0.2) is 35.3 Å². The Bertz CT molecular complexity index is 633. The van der Waals surface area contributed by atoms with Crippen LogP contribution in [0.3, 0.4) is 0 Å². The largest absolute Gasteiger partial charge is 0.450 e. The van der Waals surface area contributed by atoms with Crippen molar-refractivity contribution in [1.29, 1.82) is 0 Å². The van der Waals surface area contributed by atoms with Crippen LogP contribution < -0.4 is 11.1 Å². The Morgan fingerprint density at radius 2 is 1.93 bits per heavy atom. The Kier molecular flexibility index (Phi) is 6.58. The van der Waals surface area contributed by atoms with E-state index in [0.717, 1.165) is 19.4 Å². The number of benzene rings is 1. The number of carbonyl (C=O) groups is 1. The van der Waals surface area contributed by atoms with Crippen molar-refractivity contribution in [3.05, 3.63) is 35.9 Å². The smallest absolute Gasteiger partial charge is 0.409 e. The fourth-order valence-electron chi connectivity index (χ4n) is 4.29. The highest BCUT2D eigenvalue weighted by molar-refractivity contribution is 5.78. The number of ether oxygens (including phenoxy) is 1. The molecule has 0 spiro atoms. The van der Waals surface area contributed by atoms with Crippen LogP contribution in [-0.2, 0) is 10.2 Å². The lowest BCUT2D eigenvalue weighted by Gasteiger charge is -2.32. The highest BCUT2D eigenvalue weighted by Gasteiger charge is 2.35. The highest BCUT2D eigenvalue weighted by Crippen LogP contribution is 2.41. The maximum Gasteiger partial charge on any atom is 0.409 e. The van der Waals surface area contributed by atoms with Gasteiger partial charge in [0.25, 0.3) is 0 Å². The predicted octanol–water partition coefficient (Wildman–Crippen LogP) is 3.02. The maximum atomic E-state index is 11.8. The Morgan fingerprint density at radius 3 is 2.56 bits per heavy atom. The minimum Gasteiger partial charge on any atom is -0.450 e. The van der Waals surface area contributed by atoms with Crippen molar-refractivity contribution < 1.29 is 9.53 Å². The van der Waals surface area contributed by atoms with Crippen molar-refractivity contribution in [2.75, 3.05) is 26.2 Å². The molecular weight excluding hydrogens is 340 g/mol. The van der Waals surface area contributed by atoms with Gasteiger partial charge in [-0.25, -0.2) is 4.79 Å². The summed E-state index contributed by atoms with van der Waals surface area (Å²) in [6.45, 7) is 4.36. The van der Waals surface area contributed by atoms with Crippen molar-refractivity contribution in [3.63, 3.8) is 0 Å². The van der Waals surface area contributed by atoms with Crippen LogP contribution in [0.4, 0.5) is 4.79 Å². The highest BCUT2D eigenvalue weighted by atomic mass is 16.6. The molecule has 6 heteroatoms. The number of nitrogens with zero attached hydrogens (tertiary/aromatic N) is 2. The average Bonchev–Trinajstić information content (AvgIpc) is 3.18. The first-order chi connectivity index (χ1) is 13.1. The molecule has 27 heavy (non-hydrogen) atoms. The summed E-state index contributed by atoms with van der Waals surface area (Å²) in [4.78, 5) is 18.3. The summed E-state index contributed by atoms with van der Waals surface area (Å²) in [5.74, 6) is 0.520. The molecule has 148 valence electrons. The minimum atomic E-state index is -0.219. The van der Waals surface area contributed by atoms with E-state index in [4.69, 9.17) is 15.5 Å². The Hall–Kier alpha value is -2.24. The molecule has 0 unspecified atom stereocenters. The normalized spacial score (nSPS) is 20.5. The van der Waals surface area contributed by atoms with Crippen molar-refractivity contribution in [2.45, 2.75) is 56.9 Å². The summed E-state index contributed by atoms with van der Waals surface area (Å²) in [6, 6.07) is 11.0. The van der Waals surface area contributed by atoms with E-state index in [1.165, 1.54) is 31.2 Å². The standard InChI is InChI=1S/C21H32N4O2/c1-2-27-20(26)25-14-10-18(11-15-25)24-19(22)23-16-21(12-6-7-13-21)17-8-4-3-5-9-17/h3-5,8-9,18H,2,6-7,10-16H2,1H3,(H3,22,23,24). The molecular formula is C21H32N4O2. The molecule has 6 nitrogen and oxygen atoms in total. The molecule has 2 aliphatic rings. The second kappa shape index (κ2) is 9.11. The molecule has 1 aliphatic carbocycles. The predicted molar refractivity (Wildman–Crippen MR) is 108 cm³/mol. The van der Waals surface area contributed by atoms with Gasteiger partial charge in [0.1, 0.15) is 0 Å². The lowest BCUT2D eigenvalue weighted by molar-refractivity contribution is 0.0963. The van der Waals surface area contributed by atoms with Crippen LogP contribution in [0, 0.1) is 0 Å². The minimum absolute atomic E-state index is 0.126. The number of nitrogens with two attached hydrogens (primary N) is 1. The molecule has 1 aromatic carbocycles. The van der Waals surface area contributed by atoms with E-state index in [0.29, 0.717) is 25.7 Å². The number of piperidine rings is 1. The van der Waals surface area contributed by atoms with Gasteiger partial charge in [-0.05, 0) is 38.2 Å². The van der Waals surface area contributed by atoms with Crippen LogP contribution in [0.1, 0.15) is 51.0 Å². The van der Waals surface area contributed by atoms with Crippen molar-refractivity contribution >= 4 is 12.1 Å². The molecule has 0 bridgehead atoms. The zero-order valence-electron chi connectivity index (χ0n) is 16.3. The number of rotatable bonds is 5. The lowest BCUT2D eigenvalue weighted by atomic mass is 9.79. The molecule has 2 fully saturated rings. The lowest BCUT2D eigenvalue weighted by Crippen LogP contribution is -2.48. The van der Waals surface area contributed by atoms with Crippen molar-refractivity contribution in [2.24, 2.45) is 10.7 Å². The zero-order chi connectivity index (χ0) is 19.1. The summed E-state index contributed by atoms with van der Waals surface area (Å²) in [7, 11) is 0. The molecule has 1 heterocycles. The van der Waals surface area contributed by atoms with Crippen LogP contribution in [0.5, 0.6) is 0 Å². The van der Waals surface area contributed by atoms with Gasteiger partial charge in [0.05, 0.1) is 13.2 Å². The molecule has 0 aromatic heterocycles. The van der Waals surface area contributed by atoms with E-state index in [1.54, 1.807) is 4.90 Å². The molecule has 0 atom stereocenters. The monoisotopic (exact) mass is 372 g/mol. The number of carbonyl (C=O) groups excluding carboxylic acids is 1. The Morgan fingerprint density at radius 1 is 1.26 bits per heavy atom. The summed E-state index contributed by atoms with van der Waals surface area (Å²) in [5.41, 5.74) is 7.70. The van der Waals surface area contributed by atoms with Crippen LogP contribution in [0.2, 0.25) is 0 Å². The number of hydrogen-bond acceptors (Lipinski definition) is 3. The summed E-state index contributed by atoms with van der Waals surface area (Å²) in [5, 5.41) is 3.35. The first-order valence-electron chi connectivity index (χ1n) is 10.2. The third kappa shape index (κ3) is 4.93. The van der Waals surface area contributed by atoms with Crippen molar-refractivity contribution in [3.8, 4) is 0 Å². The molecule has 1 saturated heterocycles. The number of nitrogens with one attached hydrogen (secondary N) is 1. The van der Waals surface area contributed by atoms with E-state index in [-0.39, 0.29) is 17.6 Å². The van der Waals surface area contributed by atoms with E-state index < -0.39 is 0 Å². The number of aliphatic imine (C=N–C) groups is 1. The fourth-order valence-corrected chi connectivity index (χ4v) is 4.29. The van der Waals surface area contributed by atoms with E-state index in [1.807, 2.05) is 6.92 Å². The van der Waals surface area contributed by atoms with E-state index >= 15 is 0 Å². The van der Waals surface area contributed by atoms with Gasteiger partial charge in [0.2, 0.25) is 0 Å². The molecule has 1 aromatic rings. The molecule has 1 amide bonds. The second-order valence-electron chi connectivity index (χ2n) is 7.66. The van der Waals surface area contributed by atoms with Gasteiger partial charge in [-0.2, -0.15) is 0 Å². The molecule has 1 saturated carbocycles. The van der Waals surface area contributed by atoms with Gasteiger partial charge < -0.3 is 20.7 Å². The van der Waals surface area contributed by atoms with Gasteiger partial charge in [-0.3, -0.25) is 4.99 Å². The topological polar surface area (TPSA) is 80.0 Å². The SMILES string of the molecule is CCOC(=O)N1CCC(NC(N)=NCC2(c3ccccc3)CCCC2)CC1. The first kappa shape index (κ1) is 19.5. The zero-order valence-corrected chi connectivity index (χ0v) is 16.3. The van der Waals surface area contributed by atoms with Gasteiger partial charge >= 0.3 is 6.09 Å². The third-order valence-electron chi connectivity index (χ3n) is 5.87. The molecule has 3 N–H and O–H groups in total. The Balaban J connectivity index is 1.53. The fraction of sp³-hybridized carbons (Fsp3) is 0.619. The van der Waals surface area contributed by atoms with Gasteiger partial charge in [-0.15, -0.1) is 0 Å². The second-order valence-corrected chi connectivity index (χ2v) is 7.66. The number of amides is 1. The summed E-state index contributed by atoms with van der Waals surface area (Å²) >= 11 is 0. The first-order valence-corrected chi connectivity index (χ1v) is 10.2. The number of hydrogen-bond donors (Lipinski definition) is 2. The van der Waals surface area contributed by atoms with Crippen LogP contribution in [-0.4, -0.2) is 49.2 Å². The Labute approximate surface area is 162 Å².